The molecule has 22 heteroatoms. The van der Waals surface area contributed by atoms with Gasteiger partial charge in [-0.3, -0.25) is 52.7 Å². The Morgan fingerprint density at radius 2 is 0.847 bits per heavy atom. The summed E-state index contributed by atoms with van der Waals surface area (Å²) in [4.78, 5) is 169. The van der Waals surface area contributed by atoms with Crippen molar-refractivity contribution in [2.24, 2.45) is 41.4 Å². The minimum Gasteiger partial charge on any atom is -0.343 e. The molecule has 1 fully saturated rings. The molecule has 2 unspecified atom stereocenters. The lowest BCUT2D eigenvalue weighted by Gasteiger charge is -2.41. The summed E-state index contributed by atoms with van der Waals surface area (Å²) in [7, 11) is 10.2. The third kappa shape index (κ3) is 22.5. The summed E-state index contributed by atoms with van der Waals surface area (Å²) in [6, 6.07) is -11.5. The predicted molar refractivity (Wildman–Crippen MR) is 332 cm³/mol. The molecule has 484 valence electrons. The molecule has 0 aromatic carbocycles. The zero-order valence-corrected chi connectivity index (χ0v) is 56.0. The van der Waals surface area contributed by atoms with Gasteiger partial charge in [0.05, 0.1) is 6.54 Å². The van der Waals surface area contributed by atoms with Gasteiger partial charge in [0.25, 0.3) is 0 Å². The molecule has 1 heterocycles. The second kappa shape index (κ2) is 35.3. The van der Waals surface area contributed by atoms with E-state index in [1.165, 1.54) is 97.5 Å². The standard InChI is InChI=1S/C63H111N11O11/c1-25-27-28-29-42(15)34-48-56(78)66-45(26-2)59(81)68(18)35-51(75)69(19)46(30-36(3)4)57(79)67-52(40(11)12)62(84)70(20)47(31-37(5)6)55(77)64-43(16)54(76)65-44(17)58(80)72(22)49(32-38(7)8)60(82)73(23)50(33-39(9)10)61(83)74(24)53(41(13)14)63(85)71(48)21/h25,27-28,36-50,52-53H,1,26,29-35H2,2-24H3,(H,64,77)(H,65,76)(H,66,78)(H,67,79)/b28-27+/t42-,43+,44-,45+,46+,47+,48+,49+,50+,52?,53?/m1/s1. The van der Waals surface area contributed by atoms with Crippen molar-refractivity contribution in [2.45, 2.75) is 216 Å². The molecule has 11 amide bonds. The van der Waals surface area contributed by atoms with E-state index in [2.05, 4.69) is 27.8 Å². The van der Waals surface area contributed by atoms with Crippen LogP contribution in [-0.4, -0.2) is 216 Å². The number of rotatable bonds is 16. The van der Waals surface area contributed by atoms with E-state index in [4.69, 9.17) is 0 Å². The topological polar surface area (TPSA) is 259 Å². The van der Waals surface area contributed by atoms with Crippen molar-refractivity contribution < 1.29 is 52.7 Å². The van der Waals surface area contributed by atoms with E-state index < -0.39 is 144 Å². The molecular formula is C63H111N11O11. The predicted octanol–water partition coefficient (Wildman–Crippen LogP) is 4.46. The monoisotopic (exact) mass is 1200 g/mol. The molecule has 0 radical (unpaired) electrons. The molecule has 0 bridgehead atoms. The highest BCUT2D eigenvalue weighted by molar-refractivity contribution is 5.99. The Morgan fingerprint density at radius 1 is 0.447 bits per heavy atom. The van der Waals surface area contributed by atoms with Crippen LogP contribution < -0.4 is 21.3 Å². The normalized spacial score (nSPS) is 26.5. The lowest BCUT2D eigenvalue weighted by atomic mass is 9.93. The third-order valence-electron chi connectivity index (χ3n) is 15.9. The summed E-state index contributed by atoms with van der Waals surface area (Å²) in [5.74, 6) is -8.46. The van der Waals surface area contributed by atoms with Crippen LogP contribution in [0.1, 0.15) is 156 Å². The van der Waals surface area contributed by atoms with Crippen LogP contribution in [0.4, 0.5) is 0 Å². The number of nitrogens with zero attached hydrogens (tertiary/aromatic N) is 7. The Hall–Kier alpha value is -6.35. The van der Waals surface area contributed by atoms with E-state index in [1.807, 2.05) is 68.4 Å². The fourth-order valence-corrected chi connectivity index (χ4v) is 10.7. The molecule has 22 nitrogen and oxygen atoms in total. The number of carbonyl (C=O) groups is 11. The fraction of sp³-hybridized carbons (Fsp3) is 0.762. The Labute approximate surface area is 509 Å². The maximum Gasteiger partial charge on any atom is 0.246 e. The number of hydrogen-bond donors (Lipinski definition) is 4. The summed E-state index contributed by atoms with van der Waals surface area (Å²) in [6.45, 7) is 31.9. The highest BCUT2D eigenvalue weighted by Gasteiger charge is 2.44. The molecular weight excluding hydrogens is 1090 g/mol. The van der Waals surface area contributed by atoms with Crippen LogP contribution in [0, 0.1) is 41.4 Å². The van der Waals surface area contributed by atoms with Gasteiger partial charge < -0.3 is 55.6 Å². The van der Waals surface area contributed by atoms with Crippen LogP contribution in [0.5, 0.6) is 0 Å². The van der Waals surface area contributed by atoms with Crippen molar-refractivity contribution in [3.63, 3.8) is 0 Å². The molecule has 11 atom stereocenters. The average molecular weight is 1200 g/mol. The Bertz CT molecular complexity index is 2340. The highest BCUT2D eigenvalue weighted by Crippen LogP contribution is 2.25. The number of allylic oxidation sites excluding steroid dienone is 3. The van der Waals surface area contributed by atoms with Crippen LogP contribution in [0.15, 0.2) is 24.8 Å². The Morgan fingerprint density at radius 3 is 1.31 bits per heavy atom. The maximum absolute atomic E-state index is 15.1. The molecule has 0 aromatic heterocycles. The molecule has 85 heavy (non-hydrogen) atoms. The van der Waals surface area contributed by atoms with Crippen molar-refractivity contribution in [1.82, 2.24) is 55.6 Å². The minimum absolute atomic E-state index is 0.0997. The van der Waals surface area contributed by atoms with E-state index in [1.54, 1.807) is 46.8 Å². The molecule has 4 N–H and O–H groups in total. The van der Waals surface area contributed by atoms with Gasteiger partial charge in [0.2, 0.25) is 65.0 Å². The smallest absolute Gasteiger partial charge is 0.246 e. The van der Waals surface area contributed by atoms with E-state index in [9.17, 15) is 43.2 Å². The number of hydrogen-bond acceptors (Lipinski definition) is 11. The quantitative estimate of drug-likeness (QED) is 0.157. The van der Waals surface area contributed by atoms with Crippen molar-refractivity contribution in [3.05, 3.63) is 24.8 Å². The number of carbonyl (C=O) groups excluding carboxylic acids is 11. The SMILES string of the molecule is C=C/C=C/C[C@@H](C)C[C@H]1C(=O)N[C@@H](CC)C(=O)N(C)CC(=O)N(C)[C@@H](CC(C)C)C(=O)NC(C(C)C)C(=O)N(C)[C@@H](CC(C)C)C(=O)N[C@@H](C)C(=O)N[C@H](C)C(=O)N(C)[C@@H](CC(C)C)C(=O)N(C)[C@@H](CC(C)C)C(=O)N(C)C(C(C)C)C(=O)N1C. The zero-order valence-electron chi connectivity index (χ0n) is 56.0. The molecule has 1 aliphatic heterocycles. The minimum atomic E-state index is -1.21. The summed E-state index contributed by atoms with van der Waals surface area (Å²) < 4.78 is 0. The summed E-state index contributed by atoms with van der Waals surface area (Å²) in [6.07, 6.45) is 6.77. The summed E-state index contributed by atoms with van der Waals surface area (Å²) >= 11 is 0. The van der Waals surface area contributed by atoms with E-state index >= 15 is 9.59 Å². The van der Waals surface area contributed by atoms with E-state index in [0.29, 0.717) is 6.42 Å². The lowest BCUT2D eigenvalue weighted by molar-refractivity contribution is -0.156. The summed E-state index contributed by atoms with van der Waals surface area (Å²) in [5, 5.41) is 11.1. The van der Waals surface area contributed by atoms with Gasteiger partial charge in [-0.2, -0.15) is 0 Å². The summed E-state index contributed by atoms with van der Waals surface area (Å²) in [5.41, 5.74) is 0. The van der Waals surface area contributed by atoms with Gasteiger partial charge in [0, 0.05) is 49.3 Å². The van der Waals surface area contributed by atoms with Gasteiger partial charge in [-0.15, -0.1) is 0 Å². The Kier molecular flexibility index (Phi) is 31.9. The van der Waals surface area contributed by atoms with Crippen molar-refractivity contribution in [3.8, 4) is 0 Å². The molecule has 0 saturated carbocycles. The first kappa shape index (κ1) is 76.7. The Balaban J connectivity index is 4.29. The van der Waals surface area contributed by atoms with Crippen LogP contribution in [0.2, 0.25) is 0 Å². The van der Waals surface area contributed by atoms with Crippen LogP contribution >= 0.6 is 0 Å². The van der Waals surface area contributed by atoms with Crippen molar-refractivity contribution in [2.75, 3.05) is 55.9 Å². The fourth-order valence-electron chi connectivity index (χ4n) is 10.7. The van der Waals surface area contributed by atoms with Crippen LogP contribution in [-0.2, 0) is 52.7 Å². The van der Waals surface area contributed by atoms with Gasteiger partial charge in [-0.05, 0) is 100 Å². The van der Waals surface area contributed by atoms with E-state index in [0.717, 1.165) is 0 Å². The van der Waals surface area contributed by atoms with Crippen molar-refractivity contribution >= 4 is 65.0 Å². The molecule has 1 aliphatic rings. The van der Waals surface area contributed by atoms with Gasteiger partial charge in [-0.25, -0.2) is 0 Å². The molecule has 0 spiro atoms. The average Bonchev–Trinajstić information content (AvgIpc) is 3.58. The first-order chi connectivity index (χ1) is 39.3. The van der Waals surface area contributed by atoms with Gasteiger partial charge in [0.1, 0.15) is 60.4 Å². The van der Waals surface area contributed by atoms with Gasteiger partial charge >= 0.3 is 0 Å². The lowest BCUT2D eigenvalue weighted by Crippen LogP contribution is -2.61. The highest BCUT2D eigenvalue weighted by atomic mass is 16.2. The largest absolute Gasteiger partial charge is 0.343 e. The van der Waals surface area contributed by atoms with Crippen LogP contribution in [0.3, 0.4) is 0 Å². The zero-order chi connectivity index (χ0) is 65.8. The molecule has 0 aromatic rings. The molecule has 0 aliphatic carbocycles. The van der Waals surface area contributed by atoms with E-state index in [-0.39, 0.29) is 68.1 Å². The first-order valence-corrected chi connectivity index (χ1v) is 30.6. The van der Waals surface area contributed by atoms with Gasteiger partial charge in [0.15, 0.2) is 0 Å². The maximum atomic E-state index is 15.1. The van der Waals surface area contributed by atoms with Gasteiger partial charge in [-0.1, -0.05) is 122 Å². The number of amides is 11. The number of likely N-dealkylation sites (N-methyl/N-ethyl adjacent to an activating group) is 7. The second-order valence-corrected chi connectivity index (χ2v) is 26.1. The third-order valence-corrected chi connectivity index (χ3v) is 15.9. The van der Waals surface area contributed by atoms with Crippen LogP contribution in [0.25, 0.3) is 0 Å². The molecule has 1 rings (SSSR count). The first-order valence-electron chi connectivity index (χ1n) is 30.6. The number of nitrogens with one attached hydrogen (secondary N) is 4. The molecule has 1 saturated heterocycles. The second-order valence-electron chi connectivity index (χ2n) is 26.1. The van der Waals surface area contributed by atoms with Crippen molar-refractivity contribution in [1.29, 1.82) is 0 Å².